The van der Waals surface area contributed by atoms with E-state index in [9.17, 15) is 9.59 Å². The number of hydrogen-bond donors (Lipinski definition) is 1. The Morgan fingerprint density at radius 1 is 1.04 bits per heavy atom. The molecule has 0 radical (unpaired) electrons. The van der Waals surface area contributed by atoms with Gasteiger partial charge in [0.25, 0.3) is 5.56 Å². The van der Waals surface area contributed by atoms with E-state index in [-0.39, 0.29) is 11.3 Å². The molecule has 0 unspecified atom stereocenters. The molecule has 0 saturated carbocycles. The van der Waals surface area contributed by atoms with Gasteiger partial charge in [0.2, 0.25) is 0 Å². The normalized spacial score (nSPS) is 14.0. The van der Waals surface area contributed by atoms with E-state index in [1.165, 1.54) is 11.6 Å². The molecule has 0 amide bonds. The average molecular weight is 307 g/mol. The maximum absolute atomic E-state index is 12.6. The number of allylic oxidation sites excluding steroid dienone is 1. The lowest BCUT2D eigenvalue weighted by molar-refractivity contribution is 0.104. The van der Waals surface area contributed by atoms with Gasteiger partial charge in [-0.25, -0.2) is 0 Å². The number of pyridine rings is 1. The zero-order valence-electron chi connectivity index (χ0n) is 13.6. The summed E-state index contributed by atoms with van der Waals surface area (Å²) in [6, 6.07) is 7.94. The van der Waals surface area contributed by atoms with Gasteiger partial charge in [-0.1, -0.05) is 35.9 Å². The van der Waals surface area contributed by atoms with Crippen LogP contribution in [0.5, 0.6) is 0 Å². The van der Waals surface area contributed by atoms with Crippen molar-refractivity contribution < 1.29 is 4.79 Å². The number of carbonyl (C=O) groups excluding carboxylic acids is 1. The molecule has 118 valence electrons. The Kier molecular flexibility index (Phi) is 4.28. The molecule has 1 aliphatic carbocycles. The largest absolute Gasteiger partial charge is 0.326 e. The van der Waals surface area contributed by atoms with Gasteiger partial charge >= 0.3 is 0 Å². The van der Waals surface area contributed by atoms with Gasteiger partial charge in [-0.15, -0.1) is 0 Å². The van der Waals surface area contributed by atoms with Crippen LogP contribution in [-0.4, -0.2) is 10.8 Å². The molecule has 2 aromatic rings. The molecule has 0 saturated heterocycles. The first kappa shape index (κ1) is 15.5. The van der Waals surface area contributed by atoms with E-state index in [4.69, 9.17) is 0 Å². The topological polar surface area (TPSA) is 49.9 Å². The van der Waals surface area contributed by atoms with Crippen molar-refractivity contribution in [3.63, 3.8) is 0 Å². The number of fused-ring (bicyclic) bond motifs is 1. The highest BCUT2D eigenvalue weighted by Gasteiger charge is 2.21. The summed E-state index contributed by atoms with van der Waals surface area (Å²) in [6.07, 6.45) is 7.21. The van der Waals surface area contributed by atoms with Gasteiger partial charge < -0.3 is 4.98 Å². The number of aryl methyl sites for hydroxylation is 2. The lowest BCUT2D eigenvalue weighted by Gasteiger charge is -2.19. The molecule has 3 heteroatoms. The molecule has 0 aliphatic heterocycles. The lowest BCUT2D eigenvalue weighted by atomic mass is 9.87. The second kappa shape index (κ2) is 6.37. The standard InChI is InChI=1S/C20H21NO2/c1-13-7-9-15(10-8-13)11-12-18(22)19-17-6-4-3-5-16(17)14(2)21-20(19)23/h7-12H,3-6H2,1-2H3,(H,21,23)/b12-11+. The van der Waals surface area contributed by atoms with Crippen molar-refractivity contribution in [3.05, 3.63) is 74.2 Å². The summed E-state index contributed by atoms with van der Waals surface area (Å²) in [7, 11) is 0. The van der Waals surface area contributed by atoms with Crippen LogP contribution in [0.15, 0.2) is 35.1 Å². The third kappa shape index (κ3) is 3.19. The number of hydrogen-bond acceptors (Lipinski definition) is 2. The number of ketones is 1. The molecule has 0 bridgehead atoms. The highest BCUT2D eigenvalue weighted by molar-refractivity contribution is 6.07. The third-order valence-corrected chi connectivity index (χ3v) is 4.50. The molecule has 0 spiro atoms. The van der Waals surface area contributed by atoms with Crippen LogP contribution in [0.2, 0.25) is 0 Å². The predicted molar refractivity (Wildman–Crippen MR) is 93.0 cm³/mol. The van der Waals surface area contributed by atoms with Crippen molar-refractivity contribution in [2.45, 2.75) is 39.5 Å². The van der Waals surface area contributed by atoms with Crippen LogP contribution in [0.3, 0.4) is 0 Å². The summed E-state index contributed by atoms with van der Waals surface area (Å²) >= 11 is 0. The van der Waals surface area contributed by atoms with Gasteiger partial charge in [-0.3, -0.25) is 9.59 Å². The van der Waals surface area contributed by atoms with E-state index in [0.29, 0.717) is 5.56 Å². The summed E-state index contributed by atoms with van der Waals surface area (Å²) < 4.78 is 0. The van der Waals surface area contributed by atoms with Crippen LogP contribution in [0.1, 0.15) is 51.1 Å². The van der Waals surface area contributed by atoms with Crippen molar-refractivity contribution in [2.24, 2.45) is 0 Å². The molecular formula is C20H21NO2. The Labute approximate surface area is 136 Å². The van der Waals surface area contributed by atoms with Crippen LogP contribution in [0.25, 0.3) is 6.08 Å². The molecule has 0 fully saturated rings. The van der Waals surface area contributed by atoms with E-state index >= 15 is 0 Å². The van der Waals surface area contributed by atoms with Crippen molar-refractivity contribution in [1.29, 1.82) is 0 Å². The molecule has 3 nitrogen and oxygen atoms in total. The number of benzene rings is 1. The number of aromatic nitrogens is 1. The Morgan fingerprint density at radius 2 is 1.70 bits per heavy atom. The number of nitrogens with one attached hydrogen (secondary N) is 1. The fourth-order valence-corrected chi connectivity index (χ4v) is 3.23. The SMILES string of the molecule is Cc1ccc(/C=C/C(=O)c2c3c(c(C)[nH]c2=O)CCCC3)cc1. The Hall–Kier alpha value is -2.42. The molecular weight excluding hydrogens is 286 g/mol. The minimum atomic E-state index is -0.262. The van der Waals surface area contributed by atoms with Crippen LogP contribution in [-0.2, 0) is 12.8 Å². The highest BCUT2D eigenvalue weighted by atomic mass is 16.1. The Balaban J connectivity index is 1.96. The van der Waals surface area contributed by atoms with Gasteiger partial charge in [-0.05, 0) is 62.3 Å². The minimum Gasteiger partial charge on any atom is -0.326 e. The van der Waals surface area contributed by atoms with E-state index in [1.807, 2.05) is 38.1 Å². The van der Waals surface area contributed by atoms with Crippen LogP contribution in [0.4, 0.5) is 0 Å². The van der Waals surface area contributed by atoms with Crippen molar-refractivity contribution in [3.8, 4) is 0 Å². The molecule has 1 aliphatic rings. The molecule has 1 aromatic heterocycles. The van der Waals surface area contributed by atoms with Gasteiger partial charge in [0.05, 0.1) is 5.56 Å². The van der Waals surface area contributed by atoms with Crippen molar-refractivity contribution in [2.75, 3.05) is 0 Å². The van der Waals surface area contributed by atoms with E-state index in [2.05, 4.69) is 4.98 Å². The molecule has 1 N–H and O–H groups in total. The second-order valence-corrected chi connectivity index (χ2v) is 6.23. The van der Waals surface area contributed by atoms with Gasteiger partial charge in [0, 0.05) is 5.69 Å². The monoisotopic (exact) mass is 307 g/mol. The van der Waals surface area contributed by atoms with Crippen LogP contribution >= 0.6 is 0 Å². The van der Waals surface area contributed by atoms with Crippen molar-refractivity contribution >= 4 is 11.9 Å². The molecule has 1 aromatic carbocycles. The first-order valence-electron chi connectivity index (χ1n) is 8.10. The summed E-state index contributed by atoms with van der Waals surface area (Å²) in [6.45, 7) is 3.94. The van der Waals surface area contributed by atoms with E-state index in [1.54, 1.807) is 6.08 Å². The summed E-state index contributed by atoms with van der Waals surface area (Å²) in [5, 5.41) is 0. The summed E-state index contributed by atoms with van der Waals surface area (Å²) in [5.41, 5.74) is 5.22. The zero-order valence-corrected chi connectivity index (χ0v) is 13.6. The third-order valence-electron chi connectivity index (χ3n) is 4.50. The summed E-state index contributed by atoms with van der Waals surface area (Å²) in [5.74, 6) is -0.204. The summed E-state index contributed by atoms with van der Waals surface area (Å²) in [4.78, 5) is 27.7. The fourth-order valence-electron chi connectivity index (χ4n) is 3.23. The second-order valence-electron chi connectivity index (χ2n) is 6.23. The maximum Gasteiger partial charge on any atom is 0.259 e. The van der Waals surface area contributed by atoms with Gasteiger partial charge in [-0.2, -0.15) is 0 Å². The van der Waals surface area contributed by atoms with E-state index in [0.717, 1.165) is 48.1 Å². The number of aromatic amines is 1. The average Bonchev–Trinajstić information content (AvgIpc) is 2.54. The Morgan fingerprint density at radius 3 is 2.39 bits per heavy atom. The predicted octanol–water partition coefficient (Wildman–Crippen LogP) is 3.77. The van der Waals surface area contributed by atoms with Gasteiger partial charge in [0.1, 0.15) is 0 Å². The number of carbonyl (C=O) groups is 1. The maximum atomic E-state index is 12.6. The van der Waals surface area contributed by atoms with Crippen LogP contribution in [0, 0.1) is 13.8 Å². The molecule has 1 heterocycles. The zero-order chi connectivity index (χ0) is 16.4. The molecule has 3 rings (SSSR count). The first-order valence-corrected chi connectivity index (χ1v) is 8.10. The van der Waals surface area contributed by atoms with Gasteiger partial charge in [0.15, 0.2) is 5.78 Å². The molecule has 23 heavy (non-hydrogen) atoms. The quantitative estimate of drug-likeness (QED) is 0.693. The highest BCUT2D eigenvalue weighted by Crippen LogP contribution is 2.25. The first-order chi connectivity index (χ1) is 11.1. The fraction of sp³-hybridized carbons (Fsp3) is 0.300. The van der Waals surface area contributed by atoms with E-state index < -0.39 is 0 Å². The Bertz CT molecular complexity index is 826. The smallest absolute Gasteiger partial charge is 0.259 e. The number of rotatable bonds is 3. The van der Waals surface area contributed by atoms with Crippen molar-refractivity contribution in [1.82, 2.24) is 4.98 Å². The minimum absolute atomic E-state index is 0.204. The lowest BCUT2D eigenvalue weighted by Crippen LogP contribution is -2.24. The van der Waals surface area contributed by atoms with Crippen LogP contribution < -0.4 is 5.56 Å². The molecule has 0 atom stereocenters. The number of H-pyrrole nitrogens is 1.